The van der Waals surface area contributed by atoms with E-state index >= 15 is 0 Å². The van der Waals surface area contributed by atoms with Crippen LogP contribution in [0.5, 0.6) is 0 Å². The zero-order valence-electron chi connectivity index (χ0n) is 8.60. The molecule has 1 aromatic carbocycles. The maximum atomic E-state index is 12.1. The zero-order valence-corrected chi connectivity index (χ0v) is 8.60. The van der Waals surface area contributed by atoms with E-state index in [4.69, 9.17) is 0 Å². The number of carbonyl (C=O) groups is 1. The van der Waals surface area contributed by atoms with Crippen LogP contribution in [0.15, 0.2) is 42.5 Å². The molecule has 1 heteroatoms. The van der Waals surface area contributed by atoms with Crippen LogP contribution in [0.2, 0.25) is 0 Å². The fourth-order valence-corrected chi connectivity index (χ4v) is 2.51. The van der Waals surface area contributed by atoms with Gasteiger partial charge in [-0.1, -0.05) is 42.0 Å². The second-order valence-electron chi connectivity index (χ2n) is 4.28. The minimum absolute atomic E-state index is 0.0480. The van der Waals surface area contributed by atoms with Gasteiger partial charge in [-0.2, -0.15) is 0 Å². The lowest BCUT2D eigenvalue weighted by molar-refractivity contribution is 0.0954. The van der Waals surface area contributed by atoms with Crippen LogP contribution in [0, 0.1) is 12.8 Å². The lowest BCUT2D eigenvalue weighted by atomic mass is 9.88. The maximum Gasteiger partial charge on any atom is 0.170 e. The molecule has 2 atom stereocenters. The van der Waals surface area contributed by atoms with Crippen molar-refractivity contribution in [2.45, 2.75) is 12.8 Å². The zero-order chi connectivity index (χ0) is 10.4. The molecule has 0 N–H and O–H groups in total. The summed E-state index contributed by atoms with van der Waals surface area (Å²) in [4.78, 5) is 12.1. The summed E-state index contributed by atoms with van der Waals surface area (Å²) < 4.78 is 0. The first-order valence-corrected chi connectivity index (χ1v) is 5.27. The minimum atomic E-state index is 0.0480. The second kappa shape index (κ2) is 2.93. The van der Waals surface area contributed by atoms with Gasteiger partial charge in [0.2, 0.25) is 0 Å². The molecule has 1 nitrogen and oxygen atoms in total. The molecule has 2 aliphatic carbocycles. The van der Waals surface area contributed by atoms with E-state index in [0.29, 0.717) is 0 Å². The van der Waals surface area contributed by atoms with Crippen LogP contribution in [0.1, 0.15) is 27.4 Å². The molecule has 0 saturated carbocycles. The monoisotopic (exact) mass is 196 g/mol. The van der Waals surface area contributed by atoms with Gasteiger partial charge in [0.15, 0.2) is 5.78 Å². The Morgan fingerprint density at radius 2 is 1.80 bits per heavy atom. The van der Waals surface area contributed by atoms with Gasteiger partial charge in [-0.05, 0) is 18.6 Å². The minimum Gasteiger partial charge on any atom is -0.293 e. The number of rotatable bonds is 0. The van der Waals surface area contributed by atoms with Gasteiger partial charge in [-0.15, -0.1) is 0 Å². The van der Waals surface area contributed by atoms with Crippen LogP contribution >= 0.6 is 0 Å². The van der Waals surface area contributed by atoms with Crippen molar-refractivity contribution < 1.29 is 4.79 Å². The molecule has 0 heterocycles. The van der Waals surface area contributed by atoms with Gasteiger partial charge in [0, 0.05) is 11.5 Å². The molecule has 2 aliphatic rings. The highest BCUT2D eigenvalue weighted by atomic mass is 16.1. The van der Waals surface area contributed by atoms with Crippen molar-refractivity contribution in [3.05, 3.63) is 59.2 Å². The lowest BCUT2D eigenvalue weighted by Gasteiger charge is -2.14. The molecule has 0 bridgehead atoms. The van der Waals surface area contributed by atoms with Crippen molar-refractivity contribution >= 4 is 5.78 Å². The first-order chi connectivity index (χ1) is 7.27. The van der Waals surface area contributed by atoms with Gasteiger partial charge >= 0.3 is 0 Å². The highest BCUT2D eigenvalue weighted by Crippen LogP contribution is 2.41. The van der Waals surface area contributed by atoms with Crippen LogP contribution in [0.3, 0.4) is 0 Å². The number of benzene rings is 1. The van der Waals surface area contributed by atoms with Gasteiger partial charge in [0.05, 0.1) is 5.92 Å². The Balaban J connectivity index is 2.21. The fourth-order valence-electron chi connectivity index (χ4n) is 2.51. The molecule has 0 saturated heterocycles. The standard InChI is InChI=1S/C14H12O/c1-9-6-7-11-10-4-2-3-5-12(10)14(15)13(11)8-9/h2-8,10,12H,1H3. The van der Waals surface area contributed by atoms with Gasteiger partial charge in [0.1, 0.15) is 0 Å². The van der Waals surface area contributed by atoms with E-state index < -0.39 is 0 Å². The largest absolute Gasteiger partial charge is 0.293 e. The van der Waals surface area contributed by atoms with Crippen molar-refractivity contribution in [3.63, 3.8) is 0 Å². The average molecular weight is 196 g/mol. The summed E-state index contributed by atoms with van der Waals surface area (Å²) in [5.41, 5.74) is 3.27. The normalized spacial score (nSPS) is 26.6. The van der Waals surface area contributed by atoms with Gasteiger partial charge in [0.25, 0.3) is 0 Å². The molecule has 0 aromatic heterocycles. The smallest absolute Gasteiger partial charge is 0.170 e. The van der Waals surface area contributed by atoms with E-state index in [1.165, 1.54) is 5.56 Å². The predicted molar refractivity (Wildman–Crippen MR) is 60.0 cm³/mol. The molecule has 1 aromatic rings. The quantitative estimate of drug-likeness (QED) is 0.623. The molecule has 0 aliphatic heterocycles. The number of Topliss-reactive ketones (excluding diaryl/α,β-unsaturated/α-hetero) is 1. The van der Waals surface area contributed by atoms with Crippen LogP contribution in [-0.4, -0.2) is 5.78 Å². The third kappa shape index (κ3) is 1.13. The van der Waals surface area contributed by atoms with Crippen molar-refractivity contribution in [1.82, 2.24) is 0 Å². The van der Waals surface area contributed by atoms with E-state index in [0.717, 1.165) is 11.1 Å². The van der Waals surface area contributed by atoms with Crippen LogP contribution in [-0.2, 0) is 0 Å². The number of fused-ring (bicyclic) bond motifs is 3. The first kappa shape index (κ1) is 8.66. The second-order valence-corrected chi connectivity index (χ2v) is 4.28. The van der Waals surface area contributed by atoms with Gasteiger partial charge in [-0.25, -0.2) is 0 Å². The molecule has 2 unspecified atom stereocenters. The number of allylic oxidation sites excluding steroid dienone is 4. The summed E-state index contributed by atoms with van der Waals surface area (Å²) in [5, 5.41) is 0. The van der Waals surface area contributed by atoms with Gasteiger partial charge < -0.3 is 0 Å². The highest BCUT2D eigenvalue weighted by Gasteiger charge is 2.37. The molecular formula is C14H12O. The Morgan fingerprint density at radius 1 is 1.07 bits per heavy atom. The lowest BCUT2D eigenvalue weighted by Crippen LogP contribution is -2.10. The number of hydrogen-bond donors (Lipinski definition) is 0. The number of hydrogen-bond acceptors (Lipinski definition) is 1. The van der Waals surface area contributed by atoms with Crippen molar-refractivity contribution in [3.8, 4) is 0 Å². The molecule has 15 heavy (non-hydrogen) atoms. The molecule has 0 spiro atoms. The van der Waals surface area contributed by atoms with Gasteiger partial charge in [-0.3, -0.25) is 4.79 Å². The molecule has 0 fully saturated rings. The Morgan fingerprint density at radius 3 is 2.60 bits per heavy atom. The Kier molecular flexibility index (Phi) is 1.69. The van der Waals surface area contributed by atoms with E-state index in [1.54, 1.807) is 0 Å². The Hall–Kier alpha value is -1.63. The topological polar surface area (TPSA) is 17.1 Å². The summed E-state index contributed by atoms with van der Waals surface area (Å²) in [7, 11) is 0. The average Bonchev–Trinajstić information content (AvgIpc) is 2.54. The van der Waals surface area contributed by atoms with Crippen LogP contribution in [0.25, 0.3) is 0 Å². The Labute approximate surface area is 89.1 Å². The maximum absolute atomic E-state index is 12.1. The summed E-state index contributed by atoms with van der Waals surface area (Å²) >= 11 is 0. The number of aryl methyl sites for hydroxylation is 1. The number of ketones is 1. The van der Waals surface area contributed by atoms with Crippen LogP contribution < -0.4 is 0 Å². The van der Waals surface area contributed by atoms with Crippen LogP contribution in [0.4, 0.5) is 0 Å². The SMILES string of the molecule is Cc1ccc2c(c1)C(=O)C1C=CC=CC21. The van der Waals surface area contributed by atoms with E-state index in [-0.39, 0.29) is 17.6 Å². The summed E-state index contributed by atoms with van der Waals surface area (Å²) in [6, 6.07) is 6.19. The fraction of sp³-hybridized carbons (Fsp3) is 0.214. The number of carbonyl (C=O) groups excluding carboxylic acids is 1. The van der Waals surface area contributed by atoms with Crippen molar-refractivity contribution in [2.75, 3.05) is 0 Å². The molecule has 0 radical (unpaired) electrons. The molecular weight excluding hydrogens is 184 g/mol. The predicted octanol–water partition coefficient (Wildman–Crippen LogP) is 3.02. The summed E-state index contributed by atoms with van der Waals surface area (Å²) in [6.45, 7) is 2.03. The summed E-state index contributed by atoms with van der Waals surface area (Å²) in [6.07, 6.45) is 8.15. The molecule has 0 amide bonds. The van der Waals surface area contributed by atoms with E-state index in [9.17, 15) is 4.79 Å². The van der Waals surface area contributed by atoms with Crippen molar-refractivity contribution in [2.24, 2.45) is 5.92 Å². The van der Waals surface area contributed by atoms with E-state index in [1.807, 2.05) is 31.2 Å². The molecule has 74 valence electrons. The molecule has 3 rings (SSSR count). The third-order valence-corrected chi connectivity index (χ3v) is 3.27. The highest BCUT2D eigenvalue weighted by molar-refractivity contribution is 6.05. The summed E-state index contributed by atoms with van der Waals surface area (Å²) in [5.74, 6) is 0.601. The van der Waals surface area contributed by atoms with E-state index in [2.05, 4.69) is 18.2 Å². The first-order valence-electron chi connectivity index (χ1n) is 5.27. The Bertz CT molecular complexity index is 494. The third-order valence-electron chi connectivity index (χ3n) is 3.27. The van der Waals surface area contributed by atoms with Crippen molar-refractivity contribution in [1.29, 1.82) is 0 Å².